The van der Waals surface area contributed by atoms with Crippen LogP contribution in [0.5, 0.6) is 0 Å². The molecule has 0 atom stereocenters. The molecule has 1 aromatic carbocycles. The number of nitrogens with zero attached hydrogens (tertiary/aromatic N) is 2. The Bertz CT molecular complexity index is 748. The van der Waals surface area contributed by atoms with Gasteiger partial charge in [-0.1, -0.05) is 28.1 Å². The summed E-state index contributed by atoms with van der Waals surface area (Å²) < 4.78 is 8.95. The van der Waals surface area contributed by atoms with Gasteiger partial charge in [-0.3, -0.25) is 0 Å². The number of hydrogen-bond donors (Lipinski definition) is 1. The maximum atomic E-state index is 6.01. The van der Waals surface area contributed by atoms with Crippen LogP contribution in [0, 0.1) is 0 Å². The Kier molecular flexibility index (Phi) is 3.67. The lowest BCUT2D eigenvalue weighted by molar-refractivity contribution is 0.551. The van der Waals surface area contributed by atoms with Gasteiger partial charge < -0.3 is 10.2 Å². The van der Waals surface area contributed by atoms with Gasteiger partial charge in [0.1, 0.15) is 11.5 Å². The molecule has 0 fully saturated rings. The first-order chi connectivity index (χ1) is 9.61. The van der Waals surface area contributed by atoms with Gasteiger partial charge in [-0.15, -0.1) is 0 Å². The zero-order valence-electron chi connectivity index (χ0n) is 10.4. The van der Waals surface area contributed by atoms with Gasteiger partial charge >= 0.3 is 0 Å². The number of benzene rings is 1. The smallest absolute Gasteiger partial charge is 0.169 e. The van der Waals surface area contributed by atoms with Crippen LogP contribution in [0.15, 0.2) is 56.0 Å². The molecule has 3 aromatic rings. The third kappa shape index (κ3) is 2.81. The van der Waals surface area contributed by atoms with Crippen molar-refractivity contribution >= 4 is 37.7 Å². The van der Waals surface area contributed by atoms with E-state index in [1.165, 1.54) is 0 Å². The van der Waals surface area contributed by atoms with E-state index >= 15 is 0 Å². The van der Waals surface area contributed by atoms with Crippen molar-refractivity contribution in [2.75, 3.05) is 5.73 Å². The summed E-state index contributed by atoms with van der Waals surface area (Å²) in [5.74, 6) is 1.30. The molecule has 0 saturated carbocycles. The molecule has 4 nitrogen and oxygen atoms in total. The molecule has 0 aliphatic rings. The van der Waals surface area contributed by atoms with Gasteiger partial charge in [-0.2, -0.15) is 5.10 Å². The minimum absolute atomic E-state index is 0.604. The highest BCUT2D eigenvalue weighted by atomic mass is 79.9. The number of nitrogen functional groups attached to an aromatic ring is 1. The lowest BCUT2D eigenvalue weighted by Gasteiger charge is -2.04. The van der Waals surface area contributed by atoms with Gasteiger partial charge in [0.25, 0.3) is 0 Å². The van der Waals surface area contributed by atoms with E-state index in [-0.39, 0.29) is 0 Å². The Balaban J connectivity index is 1.89. The number of furan rings is 1. The van der Waals surface area contributed by atoms with Crippen LogP contribution in [-0.2, 0) is 6.54 Å². The normalized spacial score (nSPS) is 10.9. The number of nitrogens with two attached hydrogens (primary N) is 1. The van der Waals surface area contributed by atoms with E-state index in [9.17, 15) is 0 Å². The zero-order valence-corrected chi connectivity index (χ0v) is 13.6. The summed E-state index contributed by atoms with van der Waals surface area (Å²) in [5.41, 5.74) is 7.86. The summed E-state index contributed by atoms with van der Waals surface area (Å²) in [6.45, 7) is 0.618. The van der Waals surface area contributed by atoms with Gasteiger partial charge in [0.05, 0.1) is 6.54 Å². The average molecular weight is 397 g/mol. The van der Waals surface area contributed by atoms with Crippen molar-refractivity contribution in [3.63, 3.8) is 0 Å². The topological polar surface area (TPSA) is 57.0 Å². The Morgan fingerprint density at radius 3 is 2.70 bits per heavy atom. The predicted molar refractivity (Wildman–Crippen MR) is 85.3 cm³/mol. The number of hydrogen-bond acceptors (Lipinski definition) is 3. The summed E-state index contributed by atoms with van der Waals surface area (Å²) in [5, 5.41) is 4.48. The van der Waals surface area contributed by atoms with E-state index < -0.39 is 0 Å². The fourth-order valence-corrected chi connectivity index (χ4v) is 2.69. The zero-order chi connectivity index (χ0) is 14.1. The SMILES string of the molecule is Nc1cc(-c2ccc(Br)o2)nn1Cc1cccc(Br)c1. The number of aromatic nitrogens is 2. The van der Waals surface area contributed by atoms with Crippen molar-refractivity contribution in [1.29, 1.82) is 0 Å². The molecule has 102 valence electrons. The maximum Gasteiger partial charge on any atom is 0.169 e. The molecule has 0 amide bonds. The molecule has 0 unspecified atom stereocenters. The quantitative estimate of drug-likeness (QED) is 0.717. The second-order valence-corrected chi connectivity index (χ2v) is 6.04. The van der Waals surface area contributed by atoms with E-state index in [0.29, 0.717) is 22.8 Å². The summed E-state index contributed by atoms with van der Waals surface area (Å²) in [7, 11) is 0. The van der Waals surface area contributed by atoms with E-state index in [0.717, 1.165) is 15.7 Å². The number of rotatable bonds is 3. The molecule has 0 aliphatic heterocycles. The standard InChI is InChI=1S/C14H11Br2N3O/c15-10-3-1-2-9(6-10)8-19-14(17)7-11(18-19)12-4-5-13(16)20-12/h1-7H,8,17H2. The molecule has 2 heterocycles. The molecular formula is C14H11Br2N3O. The van der Waals surface area contributed by atoms with Crippen molar-refractivity contribution < 1.29 is 4.42 Å². The summed E-state index contributed by atoms with van der Waals surface area (Å²) in [4.78, 5) is 0. The van der Waals surface area contributed by atoms with Gasteiger partial charge in [0.15, 0.2) is 10.4 Å². The van der Waals surface area contributed by atoms with E-state index in [1.54, 1.807) is 4.68 Å². The fourth-order valence-electron chi connectivity index (χ4n) is 1.94. The molecule has 6 heteroatoms. The maximum absolute atomic E-state index is 6.01. The van der Waals surface area contributed by atoms with Crippen molar-refractivity contribution in [2.45, 2.75) is 6.54 Å². The minimum atomic E-state index is 0.604. The Morgan fingerprint density at radius 1 is 1.15 bits per heavy atom. The minimum Gasteiger partial charge on any atom is -0.448 e. The van der Waals surface area contributed by atoms with E-state index in [2.05, 4.69) is 37.0 Å². The van der Waals surface area contributed by atoms with Crippen LogP contribution in [0.4, 0.5) is 5.82 Å². The molecule has 2 aromatic heterocycles. The summed E-state index contributed by atoms with van der Waals surface area (Å²) in [6, 6.07) is 13.6. The third-order valence-corrected chi connectivity index (χ3v) is 3.78. The highest BCUT2D eigenvalue weighted by Crippen LogP contribution is 2.25. The van der Waals surface area contributed by atoms with Crippen molar-refractivity contribution in [3.05, 3.63) is 57.2 Å². The molecule has 0 saturated heterocycles. The highest BCUT2D eigenvalue weighted by Gasteiger charge is 2.11. The third-order valence-electron chi connectivity index (χ3n) is 2.86. The van der Waals surface area contributed by atoms with Crippen molar-refractivity contribution in [2.24, 2.45) is 0 Å². The molecule has 0 spiro atoms. The van der Waals surface area contributed by atoms with Gasteiger partial charge in [0.2, 0.25) is 0 Å². The largest absolute Gasteiger partial charge is 0.448 e. The van der Waals surface area contributed by atoms with Crippen molar-refractivity contribution in [1.82, 2.24) is 9.78 Å². The van der Waals surface area contributed by atoms with Crippen LogP contribution in [-0.4, -0.2) is 9.78 Å². The number of halogens is 2. The predicted octanol–water partition coefficient (Wildman–Crippen LogP) is 4.30. The average Bonchev–Trinajstić information content (AvgIpc) is 2.97. The fraction of sp³-hybridized carbons (Fsp3) is 0.0714. The monoisotopic (exact) mass is 395 g/mol. The highest BCUT2D eigenvalue weighted by molar-refractivity contribution is 9.10. The van der Waals surface area contributed by atoms with E-state index in [1.807, 2.05) is 42.5 Å². The van der Waals surface area contributed by atoms with Crippen LogP contribution in [0.3, 0.4) is 0 Å². The van der Waals surface area contributed by atoms with Crippen LogP contribution < -0.4 is 5.73 Å². The Hall–Kier alpha value is -1.53. The first-order valence-electron chi connectivity index (χ1n) is 5.95. The van der Waals surface area contributed by atoms with Crippen LogP contribution >= 0.6 is 31.9 Å². The first-order valence-corrected chi connectivity index (χ1v) is 7.54. The van der Waals surface area contributed by atoms with Gasteiger partial charge in [0, 0.05) is 10.5 Å². The molecule has 2 N–H and O–H groups in total. The molecule has 0 aliphatic carbocycles. The van der Waals surface area contributed by atoms with E-state index in [4.69, 9.17) is 10.2 Å². The second kappa shape index (κ2) is 5.46. The molecular weight excluding hydrogens is 386 g/mol. The molecule has 20 heavy (non-hydrogen) atoms. The van der Waals surface area contributed by atoms with Crippen LogP contribution in [0.1, 0.15) is 5.56 Å². The lowest BCUT2D eigenvalue weighted by Crippen LogP contribution is -2.05. The summed E-state index contributed by atoms with van der Waals surface area (Å²) >= 11 is 6.74. The Labute approximate surface area is 132 Å². The van der Waals surface area contributed by atoms with Crippen LogP contribution in [0.2, 0.25) is 0 Å². The Morgan fingerprint density at radius 2 is 2.00 bits per heavy atom. The molecule has 3 rings (SSSR count). The lowest BCUT2D eigenvalue weighted by atomic mass is 10.2. The summed E-state index contributed by atoms with van der Waals surface area (Å²) in [6.07, 6.45) is 0. The molecule has 0 bridgehead atoms. The van der Waals surface area contributed by atoms with Gasteiger partial charge in [-0.25, -0.2) is 4.68 Å². The van der Waals surface area contributed by atoms with Gasteiger partial charge in [-0.05, 0) is 45.8 Å². The van der Waals surface area contributed by atoms with Crippen molar-refractivity contribution in [3.8, 4) is 11.5 Å². The first kappa shape index (κ1) is 13.5. The molecule has 0 radical (unpaired) electrons. The second-order valence-electron chi connectivity index (χ2n) is 4.35. The van der Waals surface area contributed by atoms with Crippen LogP contribution in [0.25, 0.3) is 11.5 Å². The number of anilines is 1.